The first-order valence-corrected chi connectivity index (χ1v) is 11.1. The fourth-order valence-corrected chi connectivity index (χ4v) is 4.64. The van der Waals surface area contributed by atoms with Crippen molar-refractivity contribution in [2.75, 3.05) is 25.0 Å². The average Bonchev–Trinajstić information content (AvgIpc) is 3.06. The number of nitrogens with zero attached hydrogens (tertiary/aromatic N) is 2. The van der Waals surface area contributed by atoms with Gasteiger partial charge < -0.3 is 20.4 Å². The van der Waals surface area contributed by atoms with E-state index in [1.807, 2.05) is 25.7 Å². The number of H-pyrrole nitrogens is 1. The minimum absolute atomic E-state index is 0.127. The van der Waals surface area contributed by atoms with Crippen LogP contribution in [0.5, 0.6) is 0 Å². The van der Waals surface area contributed by atoms with E-state index < -0.39 is 17.5 Å². The molecule has 1 aromatic carbocycles. The molecule has 3 heterocycles. The normalized spacial score (nSPS) is 19.5. The quantitative estimate of drug-likeness (QED) is 0.525. The van der Waals surface area contributed by atoms with Crippen LogP contribution in [0.15, 0.2) is 24.5 Å². The summed E-state index contributed by atoms with van der Waals surface area (Å²) in [6.07, 6.45) is 2.67. The van der Waals surface area contributed by atoms with Crippen molar-refractivity contribution in [2.45, 2.75) is 45.4 Å². The van der Waals surface area contributed by atoms with Crippen molar-refractivity contribution in [3.05, 3.63) is 35.4 Å². The molecule has 1 saturated heterocycles. The van der Waals surface area contributed by atoms with Crippen molar-refractivity contribution in [3.8, 4) is 0 Å². The van der Waals surface area contributed by atoms with Gasteiger partial charge in [0.2, 0.25) is 11.8 Å². The summed E-state index contributed by atoms with van der Waals surface area (Å²) in [4.78, 5) is 33.8. The highest BCUT2D eigenvalue weighted by molar-refractivity contribution is 6.33. The van der Waals surface area contributed by atoms with E-state index in [0.717, 1.165) is 6.20 Å². The second-order valence-corrected chi connectivity index (χ2v) is 9.59. The van der Waals surface area contributed by atoms with Crippen LogP contribution in [-0.4, -0.2) is 64.1 Å². The minimum Gasteiger partial charge on any atom is -0.372 e. The third-order valence-corrected chi connectivity index (χ3v) is 5.93. The highest BCUT2D eigenvalue weighted by Gasteiger charge is 2.38. The fourth-order valence-electron chi connectivity index (χ4n) is 4.42. The van der Waals surface area contributed by atoms with Gasteiger partial charge in [-0.25, -0.2) is 4.39 Å². The second kappa shape index (κ2) is 8.89. The van der Waals surface area contributed by atoms with E-state index in [0.29, 0.717) is 45.6 Å². The number of benzene rings is 1. The molecule has 3 N–H and O–H groups in total. The SMILES string of the molecule is CC(=O)N[C@@H](C)CN1CC(C)(C)OC[C@H]1C(=O)Nc1cc(Cl)cc2c1[nH]c1cncc(F)c12. The van der Waals surface area contributed by atoms with E-state index >= 15 is 0 Å². The first-order valence-electron chi connectivity index (χ1n) is 10.7. The number of nitrogens with one attached hydrogen (secondary N) is 3. The van der Waals surface area contributed by atoms with Crippen molar-refractivity contribution in [1.29, 1.82) is 0 Å². The lowest BCUT2D eigenvalue weighted by Gasteiger charge is -2.43. The van der Waals surface area contributed by atoms with Crippen LogP contribution in [-0.2, 0) is 14.3 Å². The van der Waals surface area contributed by atoms with Gasteiger partial charge in [0.15, 0.2) is 5.82 Å². The maximum atomic E-state index is 14.4. The minimum atomic E-state index is -0.578. The number of hydrogen-bond acceptors (Lipinski definition) is 5. The molecule has 2 aromatic heterocycles. The van der Waals surface area contributed by atoms with E-state index in [-0.39, 0.29) is 24.5 Å². The van der Waals surface area contributed by atoms with Gasteiger partial charge in [0, 0.05) is 41.9 Å². The highest BCUT2D eigenvalue weighted by Crippen LogP contribution is 2.34. The molecule has 8 nitrogen and oxygen atoms in total. The van der Waals surface area contributed by atoms with Gasteiger partial charge in [-0.3, -0.25) is 19.5 Å². The van der Waals surface area contributed by atoms with Crippen molar-refractivity contribution >= 4 is 50.9 Å². The highest BCUT2D eigenvalue weighted by atomic mass is 35.5. The smallest absolute Gasteiger partial charge is 0.244 e. The Balaban J connectivity index is 1.64. The monoisotopic (exact) mass is 475 g/mol. The number of carbonyl (C=O) groups excluding carboxylic acids is 2. The number of ether oxygens (including phenoxy) is 1. The number of carbonyl (C=O) groups is 2. The molecule has 0 bridgehead atoms. The molecule has 0 unspecified atom stereocenters. The maximum absolute atomic E-state index is 14.4. The predicted octanol–water partition coefficient (Wildman–Crippen LogP) is 3.45. The third-order valence-electron chi connectivity index (χ3n) is 5.71. The molecule has 2 amide bonds. The predicted molar refractivity (Wildman–Crippen MR) is 126 cm³/mol. The van der Waals surface area contributed by atoms with Crippen LogP contribution in [0.25, 0.3) is 21.8 Å². The number of morpholine rings is 1. The number of hydrogen-bond donors (Lipinski definition) is 3. The first kappa shape index (κ1) is 23.4. The average molecular weight is 476 g/mol. The summed E-state index contributed by atoms with van der Waals surface area (Å²) in [6.45, 7) is 8.48. The summed E-state index contributed by atoms with van der Waals surface area (Å²) in [5.74, 6) is -0.876. The topological polar surface area (TPSA) is 99.4 Å². The van der Waals surface area contributed by atoms with Crippen molar-refractivity contribution in [1.82, 2.24) is 20.2 Å². The summed E-state index contributed by atoms with van der Waals surface area (Å²) >= 11 is 6.31. The molecule has 0 radical (unpaired) electrons. The number of fused-ring (bicyclic) bond motifs is 3. The summed E-state index contributed by atoms with van der Waals surface area (Å²) in [5, 5.41) is 7.10. The van der Waals surface area contributed by atoms with Gasteiger partial charge in [-0.1, -0.05) is 11.6 Å². The Labute approximate surface area is 195 Å². The Kier molecular flexibility index (Phi) is 6.30. The molecule has 1 aliphatic heterocycles. The fraction of sp³-hybridized carbons (Fsp3) is 0.435. The molecule has 2 atom stereocenters. The van der Waals surface area contributed by atoms with E-state index in [1.165, 1.54) is 13.1 Å². The van der Waals surface area contributed by atoms with Crippen molar-refractivity contribution in [2.24, 2.45) is 0 Å². The molecule has 1 aliphatic rings. The van der Waals surface area contributed by atoms with Gasteiger partial charge in [0.25, 0.3) is 0 Å². The number of rotatable bonds is 5. The van der Waals surface area contributed by atoms with Crippen molar-refractivity contribution in [3.63, 3.8) is 0 Å². The van der Waals surface area contributed by atoms with Crippen LogP contribution in [0, 0.1) is 5.82 Å². The van der Waals surface area contributed by atoms with Gasteiger partial charge in [-0.2, -0.15) is 0 Å². The van der Waals surface area contributed by atoms with Crippen LogP contribution in [0.1, 0.15) is 27.7 Å². The van der Waals surface area contributed by atoms with E-state index in [4.69, 9.17) is 16.3 Å². The molecule has 0 spiro atoms. The van der Waals surface area contributed by atoms with E-state index in [9.17, 15) is 14.0 Å². The molecule has 10 heteroatoms. The molecule has 33 heavy (non-hydrogen) atoms. The maximum Gasteiger partial charge on any atom is 0.244 e. The lowest BCUT2D eigenvalue weighted by molar-refractivity contribution is -0.143. The molecular formula is C23H27ClFN5O3. The summed E-state index contributed by atoms with van der Waals surface area (Å²) in [5.41, 5.74) is 1.08. The van der Waals surface area contributed by atoms with E-state index in [2.05, 4.69) is 20.6 Å². The second-order valence-electron chi connectivity index (χ2n) is 9.15. The Morgan fingerprint density at radius 2 is 2.15 bits per heavy atom. The molecular weight excluding hydrogens is 449 g/mol. The summed E-state index contributed by atoms with van der Waals surface area (Å²) in [7, 11) is 0. The van der Waals surface area contributed by atoms with Crippen LogP contribution < -0.4 is 10.6 Å². The molecule has 3 aromatic rings. The van der Waals surface area contributed by atoms with Gasteiger partial charge in [0.1, 0.15) is 6.04 Å². The van der Waals surface area contributed by atoms with Gasteiger partial charge >= 0.3 is 0 Å². The Morgan fingerprint density at radius 3 is 2.88 bits per heavy atom. The van der Waals surface area contributed by atoms with Crippen molar-refractivity contribution < 1.29 is 18.7 Å². The number of pyridine rings is 1. The number of halogens is 2. The molecule has 0 saturated carbocycles. The lowest BCUT2D eigenvalue weighted by atomic mass is 10.0. The largest absolute Gasteiger partial charge is 0.372 e. The van der Waals surface area contributed by atoms with Gasteiger partial charge in [-0.05, 0) is 32.9 Å². The Hall–Kier alpha value is -2.75. The lowest BCUT2D eigenvalue weighted by Crippen LogP contribution is -2.60. The van der Waals surface area contributed by atoms with Gasteiger partial charge in [0.05, 0.1) is 41.3 Å². The van der Waals surface area contributed by atoms with Crippen LogP contribution in [0.2, 0.25) is 5.02 Å². The zero-order valence-electron chi connectivity index (χ0n) is 19.0. The van der Waals surface area contributed by atoms with Crippen LogP contribution in [0.4, 0.5) is 10.1 Å². The van der Waals surface area contributed by atoms with Crippen LogP contribution >= 0.6 is 11.6 Å². The number of amides is 2. The van der Waals surface area contributed by atoms with E-state index in [1.54, 1.807) is 12.1 Å². The molecule has 1 fully saturated rings. The number of anilines is 1. The van der Waals surface area contributed by atoms with Gasteiger partial charge in [-0.15, -0.1) is 0 Å². The third kappa shape index (κ3) is 4.95. The zero-order valence-corrected chi connectivity index (χ0v) is 19.7. The zero-order chi connectivity index (χ0) is 23.9. The Morgan fingerprint density at radius 1 is 1.39 bits per heavy atom. The summed E-state index contributed by atoms with van der Waals surface area (Å²) in [6, 6.07) is 2.56. The molecule has 0 aliphatic carbocycles. The number of aromatic amines is 1. The Bertz CT molecular complexity index is 1230. The van der Waals surface area contributed by atoms with Crippen LogP contribution in [0.3, 0.4) is 0 Å². The first-order chi connectivity index (χ1) is 15.5. The standard InChI is InChI=1S/C23H27ClFN5O3/c1-12(27-13(2)31)9-30-11-23(3,4)33-10-19(30)22(32)29-17-6-14(24)5-15-20-16(25)7-26-8-18(20)28-21(15)17/h5-8,12,19,28H,9-11H2,1-4H3,(H,27,31)(H,29,32)/t12-,19-/m0/s1. The number of aromatic nitrogens is 2. The molecule has 176 valence electrons. The molecule has 4 rings (SSSR count). The summed E-state index contributed by atoms with van der Waals surface area (Å²) < 4.78 is 20.4.